The van der Waals surface area contributed by atoms with Gasteiger partial charge in [0.05, 0.1) is 23.8 Å². The molecule has 3 N–H and O–H groups in total. The molecule has 1 aliphatic rings. The third-order valence-electron chi connectivity index (χ3n) is 3.27. The van der Waals surface area contributed by atoms with Crippen molar-refractivity contribution in [3.63, 3.8) is 0 Å². The fraction of sp³-hybridized carbons (Fsp3) is 0.538. The molecule has 18 heavy (non-hydrogen) atoms. The van der Waals surface area contributed by atoms with Gasteiger partial charge in [-0.2, -0.15) is 0 Å². The first-order valence-electron chi connectivity index (χ1n) is 6.47. The smallest absolute Gasteiger partial charge is 0.240 e. The molecule has 0 radical (unpaired) electrons. The number of piperidine rings is 1. The number of nitrogens with one attached hydrogen (secondary N) is 1. The molecule has 2 heterocycles. The van der Waals surface area contributed by atoms with Gasteiger partial charge in [0.2, 0.25) is 5.91 Å². The fourth-order valence-electron chi connectivity index (χ4n) is 2.42. The lowest BCUT2D eigenvalue weighted by Crippen LogP contribution is -2.47. The van der Waals surface area contributed by atoms with Gasteiger partial charge in [-0.3, -0.25) is 9.78 Å². The zero-order valence-electron chi connectivity index (χ0n) is 10.7. The predicted molar refractivity (Wildman–Crippen MR) is 72.6 cm³/mol. The van der Waals surface area contributed by atoms with Crippen LogP contribution in [0.15, 0.2) is 18.5 Å². The van der Waals surface area contributed by atoms with Crippen molar-refractivity contribution < 1.29 is 4.79 Å². The van der Waals surface area contributed by atoms with E-state index >= 15 is 0 Å². The second-order valence-corrected chi connectivity index (χ2v) is 4.57. The molecule has 1 amide bonds. The van der Waals surface area contributed by atoms with Gasteiger partial charge >= 0.3 is 0 Å². The van der Waals surface area contributed by atoms with Gasteiger partial charge < -0.3 is 16.0 Å². The van der Waals surface area contributed by atoms with Gasteiger partial charge in [-0.15, -0.1) is 0 Å². The highest BCUT2D eigenvalue weighted by molar-refractivity contribution is 5.84. The van der Waals surface area contributed by atoms with Crippen LogP contribution in [-0.2, 0) is 4.79 Å². The molecule has 5 nitrogen and oxygen atoms in total. The molecular weight excluding hydrogens is 228 g/mol. The standard InChI is InChI=1S/C13H20N4O/c1-2-16-10-7-11(9-15-8-10)17-6-4-3-5-12(17)13(14)18/h7-9,12,16H,2-6H2,1H3,(H2,14,18). The largest absolute Gasteiger partial charge is 0.384 e. The first-order valence-corrected chi connectivity index (χ1v) is 6.47. The van der Waals surface area contributed by atoms with Crippen molar-refractivity contribution in [1.29, 1.82) is 0 Å². The summed E-state index contributed by atoms with van der Waals surface area (Å²) in [4.78, 5) is 17.8. The van der Waals surface area contributed by atoms with Crippen molar-refractivity contribution in [3.8, 4) is 0 Å². The Morgan fingerprint density at radius 2 is 2.39 bits per heavy atom. The van der Waals surface area contributed by atoms with Crippen molar-refractivity contribution in [1.82, 2.24) is 4.98 Å². The lowest BCUT2D eigenvalue weighted by molar-refractivity contribution is -0.119. The summed E-state index contributed by atoms with van der Waals surface area (Å²) in [6.07, 6.45) is 6.57. The van der Waals surface area contributed by atoms with Crippen molar-refractivity contribution in [2.45, 2.75) is 32.2 Å². The molecule has 1 unspecified atom stereocenters. The van der Waals surface area contributed by atoms with Crippen molar-refractivity contribution >= 4 is 17.3 Å². The van der Waals surface area contributed by atoms with Crippen LogP contribution < -0.4 is 16.0 Å². The van der Waals surface area contributed by atoms with Crippen LogP contribution >= 0.6 is 0 Å². The van der Waals surface area contributed by atoms with Gasteiger partial charge in [-0.1, -0.05) is 0 Å². The molecule has 5 heteroatoms. The average molecular weight is 248 g/mol. The summed E-state index contributed by atoms with van der Waals surface area (Å²) >= 11 is 0. The molecule has 1 aromatic rings. The number of aromatic nitrogens is 1. The average Bonchev–Trinajstić information content (AvgIpc) is 2.39. The first-order chi connectivity index (χ1) is 8.72. The van der Waals surface area contributed by atoms with Crippen molar-refractivity contribution in [3.05, 3.63) is 18.5 Å². The third kappa shape index (κ3) is 2.72. The van der Waals surface area contributed by atoms with E-state index in [0.29, 0.717) is 0 Å². The number of carbonyl (C=O) groups is 1. The lowest BCUT2D eigenvalue weighted by atomic mass is 10.0. The number of anilines is 2. The maximum atomic E-state index is 11.5. The quantitative estimate of drug-likeness (QED) is 0.844. The molecule has 1 fully saturated rings. The number of nitrogens with two attached hydrogens (primary N) is 1. The minimum atomic E-state index is -0.247. The molecule has 1 atom stereocenters. The van der Waals surface area contributed by atoms with E-state index in [4.69, 9.17) is 5.73 Å². The van der Waals surface area contributed by atoms with E-state index in [0.717, 1.165) is 43.7 Å². The summed E-state index contributed by atoms with van der Waals surface area (Å²) in [5.41, 5.74) is 7.42. The highest BCUT2D eigenvalue weighted by Gasteiger charge is 2.27. The summed E-state index contributed by atoms with van der Waals surface area (Å²) in [7, 11) is 0. The summed E-state index contributed by atoms with van der Waals surface area (Å²) in [5.74, 6) is -0.247. The van der Waals surface area contributed by atoms with Crippen LogP contribution in [0.5, 0.6) is 0 Å². The summed E-state index contributed by atoms with van der Waals surface area (Å²) in [5, 5.41) is 3.23. The van der Waals surface area contributed by atoms with Gasteiger partial charge in [-0.05, 0) is 32.3 Å². The molecule has 0 bridgehead atoms. The number of rotatable bonds is 4. The molecular formula is C13H20N4O. The summed E-state index contributed by atoms with van der Waals surface area (Å²) < 4.78 is 0. The zero-order chi connectivity index (χ0) is 13.0. The van der Waals surface area contributed by atoms with Gasteiger partial charge in [0.1, 0.15) is 6.04 Å². The van der Waals surface area contributed by atoms with Gasteiger partial charge in [0.25, 0.3) is 0 Å². The number of pyridine rings is 1. The number of amides is 1. The second kappa shape index (κ2) is 5.71. The van der Waals surface area contributed by atoms with Crippen LogP contribution in [0.4, 0.5) is 11.4 Å². The number of hydrogen-bond donors (Lipinski definition) is 2. The van der Waals surface area contributed by atoms with E-state index in [1.54, 1.807) is 12.4 Å². The first kappa shape index (κ1) is 12.7. The molecule has 0 spiro atoms. The van der Waals surface area contributed by atoms with Crippen molar-refractivity contribution in [2.75, 3.05) is 23.3 Å². The fourth-order valence-corrected chi connectivity index (χ4v) is 2.42. The second-order valence-electron chi connectivity index (χ2n) is 4.57. The van der Waals surface area contributed by atoms with Gasteiger partial charge in [-0.25, -0.2) is 0 Å². The number of nitrogens with zero attached hydrogens (tertiary/aromatic N) is 2. The van der Waals surface area contributed by atoms with Crippen LogP contribution in [-0.4, -0.2) is 30.0 Å². The Labute approximate surface area is 107 Å². The highest BCUT2D eigenvalue weighted by Crippen LogP contribution is 2.25. The Hall–Kier alpha value is -1.78. The molecule has 1 aliphatic heterocycles. The van der Waals surface area contributed by atoms with Crippen LogP contribution in [0.25, 0.3) is 0 Å². The summed E-state index contributed by atoms with van der Waals surface area (Å²) in [6, 6.07) is 1.83. The monoisotopic (exact) mass is 248 g/mol. The lowest BCUT2D eigenvalue weighted by Gasteiger charge is -2.35. The number of carbonyl (C=O) groups excluding carboxylic acids is 1. The van der Waals surface area contributed by atoms with Crippen LogP contribution in [0.1, 0.15) is 26.2 Å². The van der Waals surface area contributed by atoms with Gasteiger partial charge in [0, 0.05) is 13.1 Å². The van der Waals surface area contributed by atoms with Crippen LogP contribution in [0.2, 0.25) is 0 Å². The third-order valence-corrected chi connectivity index (χ3v) is 3.27. The molecule has 98 valence electrons. The van der Waals surface area contributed by atoms with E-state index in [-0.39, 0.29) is 11.9 Å². The molecule has 1 saturated heterocycles. The Morgan fingerprint density at radius 1 is 1.56 bits per heavy atom. The predicted octanol–water partition coefficient (Wildman–Crippen LogP) is 1.36. The SMILES string of the molecule is CCNc1cncc(N2CCCCC2C(N)=O)c1. The molecule has 0 saturated carbocycles. The molecule has 0 aliphatic carbocycles. The van der Waals surface area contributed by atoms with Crippen LogP contribution in [0.3, 0.4) is 0 Å². The van der Waals surface area contributed by atoms with E-state index in [2.05, 4.69) is 15.2 Å². The molecule has 2 rings (SSSR count). The normalized spacial score (nSPS) is 19.6. The number of hydrogen-bond acceptors (Lipinski definition) is 4. The van der Waals surface area contributed by atoms with Crippen molar-refractivity contribution in [2.24, 2.45) is 5.73 Å². The zero-order valence-corrected chi connectivity index (χ0v) is 10.7. The Balaban J connectivity index is 2.22. The van der Waals surface area contributed by atoms with Gasteiger partial charge in [0.15, 0.2) is 0 Å². The molecule has 1 aromatic heterocycles. The van der Waals surface area contributed by atoms with Crippen LogP contribution in [0, 0.1) is 0 Å². The minimum absolute atomic E-state index is 0.197. The summed E-state index contributed by atoms with van der Waals surface area (Å²) in [6.45, 7) is 3.76. The molecule has 0 aromatic carbocycles. The highest BCUT2D eigenvalue weighted by atomic mass is 16.1. The maximum Gasteiger partial charge on any atom is 0.240 e. The maximum absolute atomic E-state index is 11.5. The Bertz CT molecular complexity index is 421. The Morgan fingerprint density at radius 3 is 3.11 bits per heavy atom. The minimum Gasteiger partial charge on any atom is -0.384 e. The Kier molecular flexibility index (Phi) is 4.02. The van der Waals surface area contributed by atoms with E-state index in [1.165, 1.54) is 0 Å². The number of primary amides is 1. The van der Waals surface area contributed by atoms with E-state index in [9.17, 15) is 4.79 Å². The van der Waals surface area contributed by atoms with E-state index < -0.39 is 0 Å². The van der Waals surface area contributed by atoms with E-state index in [1.807, 2.05) is 13.0 Å². The topological polar surface area (TPSA) is 71.2 Å².